The molecular weight excluding hydrogens is 368 g/mol. The van der Waals surface area contributed by atoms with Gasteiger partial charge >= 0.3 is 12.1 Å². The van der Waals surface area contributed by atoms with Crippen LogP contribution in [0.1, 0.15) is 36.3 Å². The first-order valence-electron chi connectivity index (χ1n) is 10.2. The second kappa shape index (κ2) is 8.66. The molecule has 6 heteroatoms. The van der Waals surface area contributed by atoms with Crippen LogP contribution >= 0.6 is 0 Å². The average Bonchev–Trinajstić information content (AvgIpc) is 3.06. The standard InChI is InChI=1S/C23H26N2O4/c26-22(27)21(12-15-6-5-11-24-13-15)25-23(28)29-14-20-18-9-3-1-7-16(18)17-8-2-4-10-19(17)20/h1-4,7-10,15,20-21,24H,5-6,11-14H2,(H,25,28)(H,26,27)/t15?,21-/m0/s1. The largest absolute Gasteiger partial charge is 0.480 e. The number of hydrogen-bond donors (Lipinski definition) is 3. The Morgan fingerprint density at radius 2 is 1.76 bits per heavy atom. The molecule has 2 aliphatic rings. The Balaban J connectivity index is 1.39. The van der Waals surface area contributed by atoms with Crippen molar-refractivity contribution in [1.82, 2.24) is 10.6 Å². The van der Waals surface area contributed by atoms with Crippen LogP contribution in [-0.4, -0.2) is 42.9 Å². The minimum absolute atomic E-state index is 0.0426. The topological polar surface area (TPSA) is 87.7 Å². The monoisotopic (exact) mass is 394 g/mol. The van der Waals surface area contributed by atoms with Gasteiger partial charge in [0.2, 0.25) is 0 Å². The molecule has 1 aliphatic heterocycles. The number of ether oxygens (including phenoxy) is 1. The summed E-state index contributed by atoms with van der Waals surface area (Å²) < 4.78 is 5.48. The van der Waals surface area contributed by atoms with Crippen LogP contribution in [0.3, 0.4) is 0 Å². The summed E-state index contributed by atoms with van der Waals surface area (Å²) in [6.45, 7) is 1.93. The molecule has 0 spiro atoms. The molecule has 1 amide bonds. The molecule has 0 bridgehead atoms. The first-order chi connectivity index (χ1) is 14.1. The third kappa shape index (κ3) is 4.27. The Labute approximate surface area is 170 Å². The minimum atomic E-state index is -1.02. The van der Waals surface area contributed by atoms with Crippen molar-refractivity contribution in [3.8, 4) is 11.1 Å². The molecule has 2 aromatic rings. The molecule has 2 atom stereocenters. The van der Waals surface area contributed by atoms with Gasteiger partial charge in [-0.25, -0.2) is 9.59 Å². The van der Waals surface area contributed by atoms with Gasteiger partial charge in [0.15, 0.2) is 0 Å². The summed E-state index contributed by atoms with van der Waals surface area (Å²) in [5, 5.41) is 15.3. The van der Waals surface area contributed by atoms with E-state index in [0.717, 1.165) is 48.2 Å². The molecule has 3 N–H and O–H groups in total. The number of hydrogen-bond acceptors (Lipinski definition) is 4. The molecular formula is C23H26N2O4. The zero-order valence-corrected chi connectivity index (χ0v) is 16.3. The summed E-state index contributed by atoms with van der Waals surface area (Å²) in [6, 6.07) is 15.3. The number of carboxylic acid groups (broad SMARTS) is 1. The second-order valence-corrected chi connectivity index (χ2v) is 7.81. The molecule has 1 unspecified atom stereocenters. The molecule has 0 radical (unpaired) electrons. The van der Waals surface area contributed by atoms with Crippen molar-refractivity contribution in [2.75, 3.05) is 19.7 Å². The SMILES string of the molecule is O=C(N[C@@H](CC1CCCNC1)C(=O)O)OCC1c2ccccc2-c2ccccc21. The highest BCUT2D eigenvalue weighted by Gasteiger charge is 2.30. The quantitative estimate of drug-likeness (QED) is 0.699. The minimum Gasteiger partial charge on any atom is -0.480 e. The summed E-state index contributed by atoms with van der Waals surface area (Å²) in [5.41, 5.74) is 4.57. The summed E-state index contributed by atoms with van der Waals surface area (Å²) in [7, 11) is 0. The normalized spacial score (nSPS) is 19.1. The van der Waals surface area contributed by atoms with Crippen LogP contribution in [0, 0.1) is 5.92 Å². The molecule has 0 saturated carbocycles. The van der Waals surface area contributed by atoms with Crippen LogP contribution in [0.15, 0.2) is 48.5 Å². The Hall–Kier alpha value is -2.86. The predicted octanol–water partition coefficient (Wildman–Crippen LogP) is 3.37. The Morgan fingerprint density at radius 1 is 1.10 bits per heavy atom. The van der Waals surface area contributed by atoms with Crippen LogP contribution in [0.5, 0.6) is 0 Å². The van der Waals surface area contributed by atoms with E-state index in [9.17, 15) is 14.7 Å². The fourth-order valence-corrected chi connectivity index (χ4v) is 4.46. The van der Waals surface area contributed by atoms with E-state index in [1.165, 1.54) is 0 Å². The van der Waals surface area contributed by atoms with Gasteiger partial charge in [-0.2, -0.15) is 0 Å². The summed E-state index contributed by atoms with van der Waals surface area (Å²) in [4.78, 5) is 24.0. The Kier molecular flexibility index (Phi) is 5.81. The number of rotatable bonds is 6. The van der Waals surface area contributed by atoms with Gasteiger partial charge in [0.25, 0.3) is 0 Å². The van der Waals surface area contributed by atoms with E-state index in [1.807, 2.05) is 24.3 Å². The van der Waals surface area contributed by atoms with Gasteiger partial charge in [0, 0.05) is 5.92 Å². The predicted molar refractivity (Wildman–Crippen MR) is 110 cm³/mol. The number of carbonyl (C=O) groups excluding carboxylic acids is 1. The van der Waals surface area contributed by atoms with Crippen LogP contribution in [0.2, 0.25) is 0 Å². The van der Waals surface area contributed by atoms with Crippen molar-refractivity contribution < 1.29 is 19.4 Å². The maximum absolute atomic E-state index is 12.4. The van der Waals surface area contributed by atoms with Crippen molar-refractivity contribution >= 4 is 12.1 Å². The van der Waals surface area contributed by atoms with E-state index < -0.39 is 18.1 Å². The van der Waals surface area contributed by atoms with Gasteiger partial charge < -0.3 is 20.5 Å². The summed E-state index contributed by atoms with van der Waals surface area (Å²) in [5.74, 6) is -0.818. The number of benzene rings is 2. The average molecular weight is 394 g/mol. The smallest absolute Gasteiger partial charge is 0.407 e. The highest BCUT2D eigenvalue weighted by molar-refractivity contribution is 5.81. The maximum atomic E-state index is 12.4. The Bertz CT molecular complexity index is 846. The number of carbonyl (C=O) groups is 2. The van der Waals surface area contributed by atoms with Gasteiger partial charge in [0.1, 0.15) is 12.6 Å². The number of piperidine rings is 1. The van der Waals surface area contributed by atoms with E-state index in [-0.39, 0.29) is 18.4 Å². The molecule has 2 aromatic carbocycles. The number of carboxylic acids is 1. The number of nitrogens with one attached hydrogen (secondary N) is 2. The van der Waals surface area contributed by atoms with Crippen LogP contribution < -0.4 is 10.6 Å². The molecule has 29 heavy (non-hydrogen) atoms. The number of alkyl carbamates (subject to hydrolysis) is 1. The molecule has 1 heterocycles. The third-order valence-electron chi connectivity index (χ3n) is 5.90. The number of fused-ring (bicyclic) bond motifs is 3. The van der Waals surface area contributed by atoms with Crippen molar-refractivity contribution in [1.29, 1.82) is 0 Å². The zero-order chi connectivity index (χ0) is 20.2. The van der Waals surface area contributed by atoms with E-state index in [4.69, 9.17) is 4.74 Å². The van der Waals surface area contributed by atoms with Gasteiger partial charge in [-0.3, -0.25) is 0 Å². The Morgan fingerprint density at radius 3 is 2.34 bits per heavy atom. The van der Waals surface area contributed by atoms with Gasteiger partial charge in [-0.15, -0.1) is 0 Å². The van der Waals surface area contributed by atoms with Gasteiger partial charge in [-0.05, 0) is 60.5 Å². The van der Waals surface area contributed by atoms with E-state index in [1.54, 1.807) is 0 Å². The lowest BCUT2D eigenvalue weighted by Crippen LogP contribution is -2.44. The molecule has 1 fully saturated rings. The van der Waals surface area contributed by atoms with Crippen molar-refractivity contribution in [3.05, 3.63) is 59.7 Å². The number of aliphatic carboxylic acids is 1. The van der Waals surface area contributed by atoms with Crippen molar-refractivity contribution in [2.45, 2.75) is 31.2 Å². The fraction of sp³-hybridized carbons (Fsp3) is 0.391. The van der Waals surface area contributed by atoms with E-state index in [0.29, 0.717) is 6.42 Å². The lowest BCUT2D eigenvalue weighted by molar-refractivity contribution is -0.139. The number of amides is 1. The van der Waals surface area contributed by atoms with E-state index >= 15 is 0 Å². The third-order valence-corrected chi connectivity index (χ3v) is 5.90. The highest BCUT2D eigenvalue weighted by atomic mass is 16.5. The molecule has 0 aromatic heterocycles. The summed E-state index contributed by atoms with van der Waals surface area (Å²) in [6.07, 6.45) is 1.74. The lowest BCUT2D eigenvalue weighted by Gasteiger charge is -2.25. The zero-order valence-electron chi connectivity index (χ0n) is 16.3. The fourth-order valence-electron chi connectivity index (χ4n) is 4.46. The van der Waals surface area contributed by atoms with Crippen molar-refractivity contribution in [3.63, 3.8) is 0 Å². The molecule has 4 rings (SSSR count). The maximum Gasteiger partial charge on any atom is 0.407 e. The summed E-state index contributed by atoms with van der Waals surface area (Å²) >= 11 is 0. The van der Waals surface area contributed by atoms with Crippen LogP contribution in [-0.2, 0) is 9.53 Å². The molecule has 1 aliphatic carbocycles. The van der Waals surface area contributed by atoms with Gasteiger partial charge in [-0.1, -0.05) is 48.5 Å². The van der Waals surface area contributed by atoms with Crippen molar-refractivity contribution in [2.24, 2.45) is 5.92 Å². The van der Waals surface area contributed by atoms with Crippen LogP contribution in [0.4, 0.5) is 4.79 Å². The lowest BCUT2D eigenvalue weighted by atomic mass is 9.92. The first kappa shape index (κ1) is 19.5. The van der Waals surface area contributed by atoms with Gasteiger partial charge in [0.05, 0.1) is 0 Å². The molecule has 152 valence electrons. The second-order valence-electron chi connectivity index (χ2n) is 7.81. The van der Waals surface area contributed by atoms with E-state index in [2.05, 4.69) is 34.9 Å². The first-order valence-corrected chi connectivity index (χ1v) is 10.2. The highest BCUT2D eigenvalue weighted by Crippen LogP contribution is 2.44. The molecule has 6 nitrogen and oxygen atoms in total. The molecule has 1 saturated heterocycles. The van der Waals surface area contributed by atoms with Crippen LogP contribution in [0.25, 0.3) is 11.1 Å².